The van der Waals surface area contributed by atoms with Crippen LogP contribution in [0, 0.1) is 0 Å². The number of rotatable bonds is 7. The highest BCUT2D eigenvalue weighted by atomic mass is 15.1. The first-order valence-electron chi connectivity index (χ1n) is 17.4. The van der Waals surface area contributed by atoms with E-state index in [9.17, 15) is 0 Å². The van der Waals surface area contributed by atoms with Crippen molar-refractivity contribution in [1.82, 2.24) is 34.1 Å². The molecule has 0 saturated carbocycles. The summed E-state index contributed by atoms with van der Waals surface area (Å²) in [5.74, 6) is 1.32. The summed E-state index contributed by atoms with van der Waals surface area (Å²) in [5, 5.41) is 3.53. The average molecular weight is 683 g/mol. The molecule has 6 aromatic carbocycles. The first-order chi connectivity index (χ1) is 26.3. The van der Waals surface area contributed by atoms with Crippen molar-refractivity contribution in [2.75, 3.05) is 4.90 Å². The molecule has 0 aliphatic heterocycles. The molecule has 8 nitrogen and oxygen atoms in total. The number of aromatic nitrogens is 7. The maximum atomic E-state index is 4.46. The third kappa shape index (κ3) is 5.37. The van der Waals surface area contributed by atoms with Gasteiger partial charge in [-0.25, -0.2) is 24.9 Å². The van der Waals surface area contributed by atoms with Crippen molar-refractivity contribution < 1.29 is 0 Å². The van der Waals surface area contributed by atoms with Gasteiger partial charge in [0, 0.05) is 74.3 Å². The molecule has 0 bridgehead atoms. The fraction of sp³-hybridized carbons (Fsp3) is 0. The zero-order chi connectivity index (χ0) is 35.1. The Morgan fingerprint density at radius 3 is 1.68 bits per heavy atom. The highest BCUT2D eigenvalue weighted by molar-refractivity contribution is 6.14. The molecule has 53 heavy (non-hydrogen) atoms. The summed E-state index contributed by atoms with van der Waals surface area (Å²) < 4.78 is 4.64. The van der Waals surface area contributed by atoms with Crippen LogP contribution in [0.25, 0.3) is 66.9 Å². The molecule has 0 atom stereocenters. The summed E-state index contributed by atoms with van der Waals surface area (Å²) in [6.45, 7) is 0. The first-order valence-corrected chi connectivity index (χ1v) is 17.4. The summed E-state index contributed by atoms with van der Waals surface area (Å²) in [5.41, 5.74) is 10.6. The fourth-order valence-corrected chi connectivity index (χ4v) is 7.25. The summed E-state index contributed by atoms with van der Waals surface area (Å²) in [7, 11) is 0. The van der Waals surface area contributed by atoms with Gasteiger partial charge >= 0.3 is 0 Å². The third-order valence-electron chi connectivity index (χ3n) is 9.69. The quantitative estimate of drug-likeness (QED) is 0.167. The summed E-state index contributed by atoms with van der Waals surface area (Å²) in [6, 6.07) is 53.3. The number of benzene rings is 6. The van der Waals surface area contributed by atoms with Crippen molar-refractivity contribution in [2.24, 2.45) is 0 Å². The molecule has 0 radical (unpaired) electrons. The monoisotopic (exact) mass is 682 g/mol. The zero-order valence-corrected chi connectivity index (χ0v) is 28.4. The molecule has 0 saturated heterocycles. The third-order valence-corrected chi connectivity index (χ3v) is 9.69. The van der Waals surface area contributed by atoms with Gasteiger partial charge in [-0.05, 0) is 115 Å². The van der Waals surface area contributed by atoms with E-state index < -0.39 is 0 Å². The maximum absolute atomic E-state index is 4.46. The van der Waals surface area contributed by atoms with E-state index in [2.05, 4.69) is 191 Å². The highest BCUT2D eigenvalue weighted by Crippen LogP contribution is 2.41. The Labute approximate surface area is 305 Å². The maximum Gasteiger partial charge on any atom is 0.162 e. The lowest BCUT2D eigenvalue weighted by Crippen LogP contribution is -2.10. The smallest absolute Gasteiger partial charge is 0.162 e. The molecule has 0 N–H and O–H groups in total. The fourth-order valence-electron chi connectivity index (χ4n) is 7.25. The minimum Gasteiger partial charge on any atom is -0.316 e. The van der Waals surface area contributed by atoms with Gasteiger partial charge in [0.15, 0.2) is 11.6 Å². The van der Waals surface area contributed by atoms with Gasteiger partial charge < -0.3 is 14.0 Å². The largest absolute Gasteiger partial charge is 0.316 e. The van der Waals surface area contributed by atoms with E-state index >= 15 is 0 Å². The van der Waals surface area contributed by atoms with Crippen molar-refractivity contribution in [2.45, 2.75) is 0 Å². The Balaban J connectivity index is 1.17. The van der Waals surface area contributed by atoms with E-state index in [0.717, 1.165) is 61.5 Å². The van der Waals surface area contributed by atoms with Crippen LogP contribution in [0.2, 0.25) is 0 Å². The van der Waals surface area contributed by atoms with E-state index in [1.807, 2.05) is 6.07 Å². The number of hydrogen-bond donors (Lipinski definition) is 0. The lowest BCUT2D eigenvalue weighted by molar-refractivity contribution is 1.06. The standard InChI is InChI=1S/C45H30N8/c1-3-8-34(9-4-1)51-25-22-33-26-39-40-27-38(20-21-41(40)53(43(39)28-42(33)51)35-10-5-2-6-11-35)52(36-16-12-31(13-17-36)44-47-23-7-24-48-44)37-18-14-32(15-19-37)45-49-29-46-30-50-45/h1-30H. The van der Waals surface area contributed by atoms with E-state index in [1.54, 1.807) is 12.4 Å². The molecule has 10 aromatic rings. The van der Waals surface area contributed by atoms with E-state index in [-0.39, 0.29) is 0 Å². The lowest BCUT2D eigenvalue weighted by Gasteiger charge is -2.26. The van der Waals surface area contributed by atoms with Crippen LogP contribution >= 0.6 is 0 Å². The second-order valence-corrected chi connectivity index (χ2v) is 12.8. The Morgan fingerprint density at radius 1 is 0.434 bits per heavy atom. The second kappa shape index (κ2) is 12.7. The predicted molar refractivity (Wildman–Crippen MR) is 212 cm³/mol. The van der Waals surface area contributed by atoms with Crippen LogP contribution < -0.4 is 4.90 Å². The molecule has 0 fully saturated rings. The van der Waals surface area contributed by atoms with Crippen LogP contribution in [-0.2, 0) is 0 Å². The minimum absolute atomic E-state index is 0.632. The summed E-state index contributed by atoms with van der Waals surface area (Å²) >= 11 is 0. The van der Waals surface area contributed by atoms with Crippen LogP contribution in [0.1, 0.15) is 0 Å². The van der Waals surface area contributed by atoms with Crippen LogP contribution in [0.15, 0.2) is 183 Å². The van der Waals surface area contributed by atoms with E-state index in [4.69, 9.17) is 0 Å². The average Bonchev–Trinajstić information content (AvgIpc) is 3.80. The van der Waals surface area contributed by atoms with Gasteiger partial charge in [0.05, 0.1) is 16.6 Å². The summed E-state index contributed by atoms with van der Waals surface area (Å²) in [6.07, 6.45) is 8.73. The minimum atomic E-state index is 0.632. The molecule has 4 heterocycles. The van der Waals surface area contributed by atoms with Gasteiger partial charge in [0.1, 0.15) is 12.7 Å². The molecule has 0 unspecified atom stereocenters. The van der Waals surface area contributed by atoms with Crippen LogP contribution in [0.5, 0.6) is 0 Å². The van der Waals surface area contributed by atoms with Crippen molar-refractivity contribution in [3.63, 3.8) is 0 Å². The highest BCUT2D eigenvalue weighted by Gasteiger charge is 2.19. The number of anilines is 3. The van der Waals surface area contributed by atoms with Crippen LogP contribution in [0.4, 0.5) is 17.1 Å². The van der Waals surface area contributed by atoms with Gasteiger partial charge in [-0.15, -0.1) is 0 Å². The Hall–Kier alpha value is -7.45. The van der Waals surface area contributed by atoms with E-state index in [0.29, 0.717) is 11.6 Å². The van der Waals surface area contributed by atoms with Gasteiger partial charge in [-0.2, -0.15) is 0 Å². The number of para-hydroxylation sites is 2. The first kappa shape index (κ1) is 30.4. The SMILES string of the molecule is c1ccc(-n2ccc3cc4c5cc(N(c6ccc(-c7ncccn7)cc6)c6ccc(-c7ncncn7)cc6)ccc5n(-c5ccccc5)c4cc32)cc1. The molecule has 0 amide bonds. The molecule has 0 aliphatic carbocycles. The Bertz CT molecular complexity index is 2770. The predicted octanol–water partition coefficient (Wildman–Crippen LogP) is 10.5. The van der Waals surface area contributed by atoms with Crippen molar-refractivity contribution >= 4 is 49.8 Å². The molecular weight excluding hydrogens is 653 g/mol. The van der Waals surface area contributed by atoms with E-state index in [1.165, 1.54) is 23.4 Å². The Morgan fingerprint density at radius 2 is 1.02 bits per heavy atom. The Kier molecular flexibility index (Phi) is 7.28. The number of fused-ring (bicyclic) bond motifs is 4. The topological polar surface area (TPSA) is 77.6 Å². The normalized spacial score (nSPS) is 11.4. The molecule has 0 spiro atoms. The molecule has 250 valence electrons. The molecular formula is C45H30N8. The number of hydrogen-bond acceptors (Lipinski definition) is 6. The van der Waals surface area contributed by atoms with Gasteiger partial charge in [0.2, 0.25) is 0 Å². The molecule has 0 aliphatic rings. The van der Waals surface area contributed by atoms with Gasteiger partial charge in [0.25, 0.3) is 0 Å². The van der Waals surface area contributed by atoms with Crippen molar-refractivity contribution in [3.05, 3.63) is 183 Å². The van der Waals surface area contributed by atoms with Crippen LogP contribution in [-0.4, -0.2) is 34.1 Å². The van der Waals surface area contributed by atoms with Crippen molar-refractivity contribution in [3.8, 4) is 34.2 Å². The zero-order valence-electron chi connectivity index (χ0n) is 28.4. The van der Waals surface area contributed by atoms with Gasteiger partial charge in [-0.1, -0.05) is 36.4 Å². The summed E-state index contributed by atoms with van der Waals surface area (Å²) in [4.78, 5) is 23.9. The molecule has 8 heteroatoms. The molecule has 10 rings (SSSR count). The van der Waals surface area contributed by atoms with Crippen LogP contribution in [0.3, 0.4) is 0 Å². The molecule has 4 aromatic heterocycles. The number of nitrogens with zero attached hydrogens (tertiary/aromatic N) is 8. The van der Waals surface area contributed by atoms with Gasteiger partial charge in [-0.3, -0.25) is 0 Å². The van der Waals surface area contributed by atoms with Crippen molar-refractivity contribution in [1.29, 1.82) is 0 Å². The second-order valence-electron chi connectivity index (χ2n) is 12.8. The lowest BCUT2D eigenvalue weighted by atomic mass is 10.1.